The third kappa shape index (κ3) is 10.7. The molecule has 0 N–H and O–H groups in total. The van der Waals surface area contributed by atoms with Gasteiger partial charge in [0, 0.05) is 5.56 Å². The van der Waals surface area contributed by atoms with E-state index in [0.29, 0.717) is 51.4 Å². The summed E-state index contributed by atoms with van der Waals surface area (Å²) in [6.45, 7) is 7.67. The molecule has 0 amide bonds. The molecule has 8 aromatic carbocycles. The summed E-state index contributed by atoms with van der Waals surface area (Å²) in [6, 6.07) is 49.3. The van der Waals surface area contributed by atoms with E-state index in [0.717, 1.165) is 11.1 Å². The van der Waals surface area contributed by atoms with Crippen LogP contribution in [0.4, 0.5) is 0 Å². The molecule has 348 valence electrons. The first-order valence-corrected chi connectivity index (χ1v) is 26.0. The van der Waals surface area contributed by atoms with E-state index in [2.05, 4.69) is 30.8 Å². The molecule has 69 heavy (non-hydrogen) atoms. The number of allylic oxidation sites excluding steroid dienone is 2. The van der Waals surface area contributed by atoms with Crippen molar-refractivity contribution in [2.24, 2.45) is 0 Å². The number of ether oxygens (including phenoxy) is 4. The van der Waals surface area contributed by atoms with Crippen LogP contribution in [-0.4, -0.2) is 32.4 Å². The molecule has 13 heteroatoms. The van der Waals surface area contributed by atoms with E-state index in [4.69, 9.17) is 18.9 Å². The van der Waals surface area contributed by atoms with Crippen molar-refractivity contribution in [1.82, 2.24) is 0 Å². The number of aryl methyl sites for hydroxylation is 1. The molecule has 0 radical (unpaired) electrons. The molecule has 0 atom stereocenters. The molecule has 0 aliphatic heterocycles. The third-order valence-corrected chi connectivity index (χ3v) is 16.4. The Morgan fingerprint density at radius 1 is 0.435 bits per heavy atom. The zero-order valence-corrected chi connectivity index (χ0v) is 40.2. The molecule has 0 saturated carbocycles. The first kappa shape index (κ1) is 47.8. The molecule has 8 aromatic rings. The van der Waals surface area contributed by atoms with Gasteiger partial charge in [-0.3, -0.25) is 0 Å². The van der Waals surface area contributed by atoms with Gasteiger partial charge in [-0.1, -0.05) is 60.2 Å². The van der Waals surface area contributed by atoms with Gasteiger partial charge in [0.05, 0.1) is 36.5 Å². The van der Waals surface area contributed by atoms with Crippen LogP contribution in [0.5, 0.6) is 40.2 Å². The van der Waals surface area contributed by atoms with E-state index in [1.807, 2.05) is 31.2 Å². The maximum atomic E-state index is 14.1. The van der Waals surface area contributed by atoms with Gasteiger partial charge in [0.1, 0.15) is 40.2 Å². The molecule has 8 rings (SSSR count). The fraction of sp³-hybridized carbons (Fsp3) is 0.0714. The predicted octanol–water partition coefficient (Wildman–Crippen LogP) is 13.3. The Labute approximate surface area is 403 Å². The summed E-state index contributed by atoms with van der Waals surface area (Å²) in [5.74, 6) is 3.05. The summed E-state index contributed by atoms with van der Waals surface area (Å²) in [6.07, 6.45) is 5.38. The number of rotatable bonds is 17. The zero-order chi connectivity index (χ0) is 48.8. The maximum absolute atomic E-state index is 14.1. The highest BCUT2D eigenvalue weighted by atomic mass is 32.2. The highest BCUT2D eigenvalue weighted by molar-refractivity contribution is 7.92. The highest BCUT2D eigenvalue weighted by Crippen LogP contribution is 2.36. The molecule has 0 unspecified atom stereocenters. The Morgan fingerprint density at radius 3 is 1.25 bits per heavy atom. The highest BCUT2D eigenvalue weighted by Gasteiger charge is 2.23. The number of benzene rings is 8. The lowest BCUT2D eigenvalue weighted by molar-refractivity contribution is 0.414. The van der Waals surface area contributed by atoms with E-state index in [-0.39, 0.29) is 35.8 Å². The minimum atomic E-state index is -4.06. The number of hydrogen-bond donors (Lipinski definition) is 0. The molecule has 0 heterocycles. The average Bonchev–Trinajstić information content (AvgIpc) is 3.36. The molecule has 0 aromatic heterocycles. The van der Waals surface area contributed by atoms with E-state index in [1.165, 1.54) is 110 Å². The monoisotopic (exact) mass is 974 g/mol. The summed E-state index contributed by atoms with van der Waals surface area (Å²) in [7, 11) is -10.3. The van der Waals surface area contributed by atoms with Gasteiger partial charge in [-0.15, -0.1) is 6.58 Å². The Hall–Kier alpha value is -7.71. The molecular formula is C56H46O10S3. The first-order valence-electron chi connectivity index (χ1n) is 21.6. The van der Waals surface area contributed by atoms with Gasteiger partial charge in [0.25, 0.3) is 0 Å². The fourth-order valence-electron chi connectivity index (χ4n) is 7.31. The van der Waals surface area contributed by atoms with E-state index in [1.54, 1.807) is 61.5 Å². The Kier molecular flexibility index (Phi) is 14.0. The Bertz CT molecular complexity index is 3500. The van der Waals surface area contributed by atoms with Crippen LogP contribution in [0.1, 0.15) is 23.6 Å². The largest absolute Gasteiger partial charge is 0.497 e. The summed E-state index contributed by atoms with van der Waals surface area (Å²) in [5.41, 5.74) is 4.36. The SMILES string of the molecule is C=CCc1cc(S(=O)(=O)c2ccc(Oc3ccc(S(=O)(=O)c4ccc(Oc5ccc(-c6ccc(C)cc6)cc5)cc4)cc3)c(/C=C/C)c2)ccc1Oc1ccc(S(=O)(=O)c2ccc(OC)cc2)cc1. The smallest absolute Gasteiger partial charge is 0.206 e. The van der Waals surface area contributed by atoms with E-state index >= 15 is 0 Å². The second-order valence-electron chi connectivity index (χ2n) is 15.8. The lowest BCUT2D eigenvalue weighted by Gasteiger charge is -2.14. The number of sulfone groups is 3. The normalized spacial score (nSPS) is 11.8. The number of hydrogen-bond acceptors (Lipinski definition) is 10. The van der Waals surface area contributed by atoms with Crippen LogP contribution in [0.25, 0.3) is 17.2 Å². The van der Waals surface area contributed by atoms with E-state index in [9.17, 15) is 25.3 Å². The Morgan fingerprint density at radius 2 is 0.797 bits per heavy atom. The van der Waals surface area contributed by atoms with Gasteiger partial charge >= 0.3 is 0 Å². The first-order chi connectivity index (χ1) is 33.2. The average molecular weight is 975 g/mol. The van der Waals surface area contributed by atoms with Crippen molar-refractivity contribution in [3.63, 3.8) is 0 Å². The van der Waals surface area contributed by atoms with Crippen LogP contribution in [0.15, 0.2) is 230 Å². The minimum Gasteiger partial charge on any atom is -0.497 e. The molecule has 10 nitrogen and oxygen atoms in total. The predicted molar refractivity (Wildman–Crippen MR) is 267 cm³/mol. The quantitative estimate of drug-likeness (QED) is 0.0810. The van der Waals surface area contributed by atoms with Crippen molar-refractivity contribution in [3.05, 3.63) is 217 Å². The van der Waals surface area contributed by atoms with Crippen molar-refractivity contribution >= 4 is 35.6 Å². The third-order valence-electron chi connectivity index (χ3n) is 11.0. The molecular weight excluding hydrogens is 929 g/mol. The molecule has 0 aliphatic rings. The van der Waals surface area contributed by atoms with E-state index < -0.39 is 29.5 Å². The lowest BCUT2D eigenvalue weighted by atomic mass is 10.0. The van der Waals surface area contributed by atoms with Crippen LogP contribution in [0, 0.1) is 6.92 Å². The summed E-state index contributed by atoms with van der Waals surface area (Å²) in [5, 5.41) is 0. The second-order valence-corrected chi connectivity index (χ2v) is 21.6. The number of methoxy groups -OCH3 is 1. The van der Waals surface area contributed by atoms with Crippen molar-refractivity contribution in [2.45, 2.75) is 49.6 Å². The van der Waals surface area contributed by atoms with Crippen LogP contribution < -0.4 is 18.9 Å². The maximum Gasteiger partial charge on any atom is 0.206 e. The second kappa shape index (κ2) is 20.3. The Balaban J connectivity index is 0.937. The van der Waals surface area contributed by atoms with Crippen molar-refractivity contribution in [1.29, 1.82) is 0 Å². The molecule has 0 fully saturated rings. The van der Waals surface area contributed by atoms with Gasteiger partial charge in [-0.2, -0.15) is 0 Å². The summed E-state index contributed by atoms with van der Waals surface area (Å²) < 4.78 is 105. The molecule has 0 aliphatic carbocycles. The van der Waals surface area contributed by atoms with Gasteiger partial charge < -0.3 is 18.9 Å². The van der Waals surface area contributed by atoms with Gasteiger partial charge in [-0.25, -0.2) is 25.3 Å². The molecule has 0 saturated heterocycles. The topological polar surface area (TPSA) is 139 Å². The van der Waals surface area contributed by atoms with Crippen LogP contribution in [0.3, 0.4) is 0 Å². The van der Waals surface area contributed by atoms with Gasteiger partial charge in [0.2, 0.25) is 29.5 Å². The van der Waals surface area contributed by atoms with Crippen molar-refractivity contribution in [3.8, 4) is 51.4 Å². The van der Waals surface area contributed by atoms with Crippen LogP contribution >= 0.6 is 0 Å². The van der Waals surface area contributed by atoms with Crippen LogP contribution in [0.2, 0.25) is 0 Å². The zero-order valence-electron chi connectivity index (χ0n) is 37.8. The van der Waals surface area contributed by atoms with Crippen molar-refractivity contribution < 1.29 is 44.2 Å². The summed E-state index contributed by atoms with van der Waals surface area (Å²) in [4.78, 5) is 0.388. The minimum absolute atomic E-state index is 0.0173. The van der Waals surface area contributed by atoms with Gasteiger partial charge in [-0.05, 0) is 183 Å². The standard InChI is InChI=1S/C56H46O10S3/c1-5-7-42-37-53(33-35-55(42)65-47-21-29-51(30-22-47)67(57,58)49-25-17-44(63-4)18-26-49)69(61,62)54-34-36-56(43(38-54)8-6-2)66-48-23-31-52(32-24-48)68(59,60)50-27-19-46(20-28-50)64-45-15-13-41(14-16-45)40-11-9-39(3)10-12-40/h5-6,8-38H,1,7H2,2-4H3/b8-6+. The van der Waals surface area contributed by atoms with Crippen molar-refractivity contribution in [2.75, 3.05) is 7.11 Å². The summed E-state index contributed by atoms with van der Waals surface area (Å²) >= 11 is 0. The molecule has 0 bridgehead atoms. The molecule has 0 spiro atoms. The lowest BCUT2D eigenvalue weighted by Crippen LogP contribution is -2.04. The van der Waals surface area contributed by atoms with Gasteiger partial charge in [0.15, 0.2) is 0 Å². The fourth-order valence-corrected chi connectivity index (χ4v) is 11.2. The van der Waals surface area contributed by atoms with Crippen LogP contribution in [-0.2, 0) is 35.9 Å².